The van der Waals surface area contributed by atoms with Gasteiger partial charge in [0.1, 0.15) is 5.58 Å². The Morgan fingerprint density at radius 1 is 1.05 bits per heavy atom. The lowest BCUT2D eigenvalue weighted by molar-refractivity contribution is 0.0708. The Morgan fingerprint density at radius 2 is 1.81 bits per heavy atom. The Morgan fingerprint density at radius 3 is 2.49 bits per heavy atom. The summed E-state index contributed by atoms with van der Waals surface area (Å²) in [6, 6.07) is 10.6. The number of nitrogens with zero attached hydrogens (tertiary/aromatic N) is 2. The first-order valence-corrected chi connectivity index (χ1v) is 13.2. The van der Waals surface area contributed by atoms with E-state index in [2.05, 4.69) is 32.6 Å². The molecule has 4 rings (SSSR count). The zero-order chi connectivity index (χ0) is 26.7. The monoisotopic (exact) mass is 506 g/mol. The van der Waals surface area contributed by atoms with Crippen LogP contribution in [0.4, 0.5) is 0 Å². The summed E-state index contributed by atoms with van der Waals surface area (Å²) in [7, 11) is 1.60. The van der Waals surface area contributed by atoms with E-state index in [-0.39, 0.29) is 17.1 Å². The number of carbonyl (C=O) groups excluding carboxylic acids is 1. The van der Waals surface area contributed by atoms with Crippen molar-refractivity contribution in [2.24, 2.45) is 5.92 Å². The molecule has 1 atom stereocenters. The molecule has 7 nitrogen and oxygen atoms in total. The average molecular weight is 507 g/mol. The van der Waals surface area contributed by atoms with E-state index in [1.165, 1.54) is 0 Å². The van der Waals surface area contributed by atoms with Crippen LogP contribution in [0.3, 0.4) is 0 Å². The third kappa shape index (κ3) is 5.37. The highest BCUT2D eigenvalue weighted by molar-refractivity contribution is 5.99. The van der Waals surface area contributed by atoms with Crippen molar-refractivity contribution in [2.45, 2.75) is 47.1 Å². The second kappa shape index (κ2) is 11.4. The topological polar surface area (TPSA) is 72.2 Å². The summed E-state index contributed by atoms with van der Waals surface area (Å²) in [5.41, 5.74) is 2.40. The highest BCUT2D eigenvalue weighted by atomic mass is 16.5. The molecule has 0 spiro atoms. The number of rotatable bonds is 11. The van der Waals surface area contributed by atoms with Gasteiger partial charge in [0.2, 0.25) is 5.76 Å². The van der Waals surface area contributed by atoms with E-state index in [1.807, 2.05) is 37.3 Å². The first-order chi connectivity index (χ1) is 17.8. The van der Waals surface area contributed by atoms with Gasteiger partial charge in [-0.05, 0) is 62.2 Å². The lowest BCUT2D eigenvalue weighted by Crippen LogP contribution is -2.37. The summed E-state index contributed by atoms with van der Waals surface area (Å²) in [4.78, 5) is 31.5. The Kier molecular flexibility index (Phi) is 8.22. The molecule has 1 aromatic heterocycles. The summed E-state index contributed by atoms with van der Waals surface area (Å²) >= 11 is 0. The minimum Gasteiger partial charge on any atom is -0.493 e. The Labute approximate surface area is 219 Å². The van der Waals surface area contributed by atoms with Crippen molar-refractivity contribution in [1.29, 1.82) is 0 Å². The molecule has 2 aromatic carbocycles. The number of hydrogen-bond donors (Lipinski definition) is 0. The van der Waals surface area contributed by atoms with E-state index < -0.39 is 6.04 Å². The fourth-order valence-electron chi connectivity index (χ4n) is 4.88. The SMILES string of the molecule is CCN(CC)CCN1C(=O)c2oc3ccc(C)cc3c(=O)c2C1c1ccc(OCCC(C)C)c(OC)c1. The van der Waals surface area contributed by atoms with Gasteiger partial charge < -0.3 is 23.7 Å². The summed E-state index contributed by atoms with van der Waals surface area (Å²) < 4.78 is 17.7. The third-order valence-electron chi connectivity index (χ3n) is 7.13. The molecule has 1 aliphatic heterocycles. The maximum atomic E-state index is 13.8. The molecule has 0 radical (unpaired) electrons. The maximum absolute atomic E-state index is 13.8. The minimum absolute atomic E-state index is 0.127. The number of amides is 1. The van der Waals surface area contributed by atoms with Gasteiger partial charge in [0, 0.05) is 13.1 Å². The number of fused-ring (bicyclic) bond motifs is 2. The van der Waals surface area contributed by atoms with E-state index in [4.69, 9.17) is 13.9 Å². The first kappa shape index (κ1) is 26.7. The van der Waals surface area contributed by atoms with Gasteiger partial charge in [0.15, 0.2) is 16.9 Å². The third-order valence-corrected chi connectivity index (χ3v) is 7.13. The van der Waals surface area contributed by atoms with Gasteiger partial charge in [-0.3, -0.25) is 9.59 Å². The molecule has 3 aromatic rings. The molecule has 1 unspecified atom stereocenters. The average Bonchev–Trinajstić information content (AvgIpc) is 3.16. The molecule has 0 saturated heterocycles. The van der Waals surface area contributed by atoms with E-state index in [9.17, 15) is 9.59 Å². The van der Waals surface area contributed by atoms with Gasteiger partial charge >= 0.3 is 0 Å². The van der Waals surface area contributed by atoms with Gasteiger partial charge in [-0.1, -0.05) is 45.4 Å². The highest BCUT2D eigenvalue weighted by Crippen LogP contribution is 2.41. The summed E-state index contributed by atoms with van der Waals surface area (Å²) in [5, 5.41) is 0.489. The molecule has 0 bridgehead atoms. The minimum atomic E-state index is -0.571. The van der Waals surface area contributed by atoms with Crippen LogP contribution >= 0.6 is 0 Å². The first-order valence-electron chi connectivity index (χ1n) is 13.2. The Balaban J connectivity index is 1.81. The molecule has 1 amide bonds. The molecule has 0 aliphatic carbocycles. The summed E-state index contributed by atoms with van der Waals surface area (Å²) in [6.45, 7) is 14.0. The van der Waals surface area contributed by atoms with Crippen LogP contribution < -0.4 is 14.9 Å². The smallest absolute Gasteiger partial charge is 0.290 e. The number of ether oxygens (including phenoxy) is 2. The zero-order valence-electron chi connectivity index (χ0n) is 22.8. The van der Waals surface area contributed by atoms with Crippen LogP contribution in [-0.4, -0.2) is 55.6 Å². The quantitative estimate of drug-likeness (QED) is 0.346. The van der Waals surface area contributed by atoms with Crippen molar-refractivity contribution in [3.05, 3.63) is 69.1 Å². The van der Waals surface area contributed by atoms with Crippen molar-refractivity contribution >= 4 is 16.9 Å². The molecular formula is C30H38N2O5. The summed E-state index contributed by atoms with van der Waals surface area (Å²) in [6.07, 6.45) is 0.933. The number of likely N-dealkylation sites (N-methyl/N-ethyl adjacent to an activating group) is 1. The van der Waals surface area contributed by atoms with Crippen molar-refractivity contribution in [1.82, 2.24) is 9.80 Å². The molecule has 7 heteroatoms. The van der Waals surface area contributed by atoms with Crippen LogP contribution in [0.15, 0.2) is 45.6 Å². The van der Waals surface area contributed by atoms with Crippen molar-refractivity contribution < 1.29 is 18.7 Å². The van der Waals surface area contributed by atoms with Gasteiger partial charge in [0.05, 0.1) is 30.7 Å². The van der Waals surface area contributed by atoms with Gasteiger partial charge in [0.25, 0.3) is 5.91 Å². The molecule has 0 saturated carbocycles. The van der Waals surface area contributed by atoms with E-state index >= 15 is 0 Å². The van der Waals surface area contributed by atoms with Crippen molar-refractivity contribution in [2.75, 3.05) is 39.9 Å². The highest BCUT2D eigenvalue weighted by Gasteiger charge is 2.43. The van der Waals surface area contributed by atoms with Gasteiger partial charge in [-0.2, -0.15) is 0 Å². The van der Waals surface area contributed by atoms with E-state index in [0.717, 1.165) is 30.6 Å². The molecular weight excluding hydrogens is 468 g/mol. The van der Waals surface area contributed by atoms with Crippen LogP contribution in [0, 0.1) is 12.8 Å². The maximum Gasteiger partial charge on any atom is 0.290 e. The Bertz CT molecular complexity index is 1330. The largest absolute Gasteiger partial charge is 0.493 e. The molecule has 37 heavy (non-hydrogen) atoms. The second-order valence-corrected chi connectivity index (χ2v) is 10.0. The van der Waals surface area contributed by atoms with Crippen LogP contribution in [0.25, 0.3) is 11.0 Å². The Hall–Kier alpha value is -3.32. The van der Waals surface area contributed by atoms with E-state index in [0.29, 0.717) is 53.6 Å². The predicted molar refractivity (Wildman–Crippen MR) is 146 cm³/mol. The summed E-state index contributed by atoms with van der Waals surface area (Å²) in [5.74, 6) is 1.62. The lowest BCUT2D eigenvalue weighted by atomic mass is 9.97. The molecule has 2 heterocycles. The van der Waals surface area contributed by atoms with Crippen molar-refractivity contribution in [3.8, 4) is 11.5 Å². The second-order valence-electron chi connectivity index (χ2n) is 10.0. The number of carbonyl (C=O) groups is 1. The van der Waals surface area contributed by atoms with Gasteiger partial charge in [-0.25, -0.2) is 0 Å². The molecule has 0 N–H and O–H groups in total. The van der Waals surface area contributed by atoms with Crippen LogP contribution in [0.5, 0.6) is 11.5 Å². The van der Waals surface area contributed by atoms with Crippen molar-refractivity contribution in [3.63, 3.8) is 0 Å². The fourth-order valence-corrected chi connectivity index (χ4v) is 4.88. The fraction of sp³-hybridized carbons (Fsp3) is 0.467. The van der Waals surface area contributed by atoms with Gasteiger partial charge in [-0.15, -0.1) is 0 Å². The number of benzene rings is 2. The molecule has 0 fully saturated rings. The van der Waals surface area contributed by atoms with E-state index in [1.54, 1.807) is 18.1 Å². The standard InChI is InChI=1S/C30H38N2O5/c1-7-31(8-2)14-15-32-27(21-10-12-24(25(18-21)35-6)36-16-13-19(3)4)26-28(33)22-17-20(5)9-11-23(22)37-29(26)30(32)34/h9-12,17-19,27H,7-8,13-16H2,1-6H3. The number of aryl methyl sites for hydroxylation is 1. The molecule has 198 valence electrons. The molecule has 1 aliphatic rings. The zero-order valence-corrected chi connectivity index (χ0v) is 22.8. The number of hydrogen-bond acceptors (Lipinski definition) is 6. The lowest BCUT2D eigenvalue weighted by Gasteiger charge is -2.28. The van der Waals surface area contributed by atoms with Crippen LogP contribution in [0.2, 0.25) is 0 Å². The normalized spacial score (nSPS) is 15.2. The predicted octanol–water partition coefficient (Wildman–Crippen LogP) is 5.42. The van der Waals surface area contributed by atoms with Crippen LogP contribution in [0.1, 0.15) is 67.4 Å². The van der Waals surface area contributed by atoms with Crippen LogP contribution in [-0.2, 0) is 0 Å². The number of methoxy groups -OCH3 is 1.